The maximum Gasteiger partial charge on any atom is 0.328 e. The van der Waals surface area contributed by atoms with Gasteiger partial charge in [0.05, 0.1) is 6.04 Å². The van der Waals surface area contributed by atoms with Crippen LogP contribution in [0.25, 0.3) is 0 Å². The van der Waals surface area contributed by atoms with Crippen molar-refractivity contribution in [1.29, 1.82) is 0 Å². The summed E-state index contributed by atoms with van der Waals surface area (Å²) in [4.78, 5) is 101. The van der Waals surface area contributed by atoms with E-state index in [2.05, 4.69) is 26.4 Å². The summed E-state index contributed by atoms with van der Waals surface area (Å²) in [5.41, 5.74) is -0.533. The number of carbonyl (C=O) groups excluding carboxylic acids is 7. The van der Waals surface area contributed by atoms with Crippen LogP contribution in [-0.4, -0.2) is 130 Å². The number of carbonyl (C=O) groups is 7. The van der Waals surface area contributed by atoms with Crippen LogP contribution in [0.4, 0.5) is 10.6 Å². The highest BCUT2D eigenvalue weighted by Crippen LogP contribution is 2.31. The van der Waals surface area contributed by atoms with Crippen LogP contribution >= 0.6 is 0 Å². The molecule has 17 heteroatoms. The highest BCUT2D eigenvalue weighted by atomic mass is 16.5. The van der Waals surface area contributed by atoms with Gasteiger partial charge in [0.25, 0.3) is 0 Å². The zero-order chi connectivity index (χ0) is 39.3. The van der Waals surface area contributed by atoms with Crippen molar-refractivity contribution in [2.45, 2.75) is 101 Å². The lowest BCUT2D eigenvalue weighted by molar-refractivity contribution is -0.159. The summed E-state index contributed by atoms with van der Waals surface area (Å²) in [5, 5.41) is 14.8. The van der Waals surface area contributed by atoms with Crippen LogP contribution in [0, 0.1) is 12.8 Å². The number of amides is 6. The van der Waals surface area contributed by atoms with Gasteiger partial charge in [-0.2, -0.15) is 0 Å². The number of aromatic nitrogens is 1. The standard InChI is InChI=1S/C38H50N8O9/c1-23-16-30-36(52)54-20-28(40-32(48)27(18-26-10-5-4-6-11-26)41-37(53)42-31-17-24(2)55-43-31)34(50)44-14-9-12-29(44)35(51)46-15-8-7-13-38(46,22-47)21-39-25(3)33(49)45(30)19-23/h4-6,10-11,17,22-23,25,27-30,39H,7-9,12-16,18-21H2,1-3H3,(H,40,48)(H2,41,42,43,53)/t23-,25+,27+,28+,29+,30+,38+/m1/s1. The number of fused-ring (bicyclic) bond motifs is 3. The first kappa shape index (κ1) is 39.4. The molecule has 0 unspecified atom stereocenters. The Morgan fingerprint density at radius 1 is 1.02 bits per heavy atom. The summed E-state index contributed by atoms with van der Waals surface area (Å²) >= 11 is 0. The molecule has 0 spiro atoms. The first-order valence-electron chi connectivity index (χ1n) is 19.0. The van der Waals surface area contributed by atoms with Crippen LogP contribution in [0.3, 0.4) is 0 Å². The number of anilines is 1. The number of benzene rings is 1. The van der Waals surface area contributed by atoms with E-state index in [0.717, 1.165) is 6.29 Å². The molecule has 0 saturated carbocycles. The van der Waals surface area contributed by atoms with Crippen molar-refractivity contribution in [3.05, 3.63) is 47.7 Å². The third kappa shape index (κ3) is 8.82. The molecular weight excluding hydrogens is 712 g/mol. The highest BCUT2D eigenvalue weighted by Gasteiger charge is 2.49. The molecular formula is C38H50N8O9. The number of piperidine rings is 1. The van der Waals surface area contributed by atoms with Gasteiger partial charge in [-0.15, -0.1) is 0 Å². The molecule has 296 valence electrons. The molecule has 5 heterocycles. The number of cyclic esters (lactones) is 1. The lowest BCUT2D eigenvalue weighted by Gasteiger charge is -2.46. The summed E-state index contributed by atoms with van der Waals surface area (Å²) in [6.45, 7) is 5.46. The van der Waals surface area contributed by atoms with E-state index in [0.29, 0.717) is 62.9 Å². The number of ether oxygens (including phenoxy) is 1. The SMILES string of the molecule is Cc1cc(NC(=O)N[C@@H](Cc2ccccc2)C(=O)N[C@H]2COC(=O)[C@@H]3C[C@@H](C)CN3C(=O)[C@H](C)NC[C@]3(C=O)CCCCN3C(=O)[C@@H]3CCCN3C2=O)no1. The minimum atomic E-state index is -1.46. The van der Waals surface area contributed by atoms with Gasteiger partial charge in [-0.25, -0.2) is 9.59 Å². The molecule has 55 heavy (non-hydrogen) atoms. The van der Waals surface area contributed by atoms with E-state index in [1.807, 2.05) is 13.0 Å². The number of aldehydes is 1. The third-order valence-corrected chi connectivity index (χ3v) is 11.0. The van der Waals surface area contributed by atoms with E-state index >= 15 is 0 Å². The Kier molecular flexibility index (Phi) is 12.2. The van der Waals surface area contributed by atoms with E-state index in [9.17, 15) is 33.6 Å². The average Bonchev–Trinajstić information content (AvgIpc) is 3.94. The van der Waals surface area contributed by atoms with Crippen molar-refractivity contribution in [2.24, 2.45) is 5.92 Å². The molecule has 0 bridgehead atoms. The molecule has 4 N–H and O–H groups in total. The topological polar surface area (TPSA) is 213 Å². The quantitative estimate of drug-likeness (QED) is 0.230. The summed E-state index contributed by atoms with van der Waals surface area (Å²) in [6.07, 6.45) is 3.69. The Hall–Kier alpha value is -5.32. The van der Waals surface area contributed by atoms with Crippen LogP contribution in [0.2, 0.25) is 0 Å². The van der Waals surface area contributed by atoms with E-state index < -0.39 is 72.1 Å². The van der Waals surface area contributed by atoms with E-state index in [1.54, 1.807) is 43.0 Å². The smallest absolute Gasteiger partial charge is 0.328 e. The minimum Gasteiger partial charge on any atom is -0.461 e. The Morgan fingerprint density at radius 2 is 1.80 bits per heavy atom. The highest BCUT2D eigenvalue weighted by molar-refractivity contribution is 5.97. The fourth-order valence-corrected chi connectivity index (χ4v) is 8.09. The molecule has 4 aliphatic heterocycles. The number of hydrogen-bond acceptors (Lipinski definition) is 11. The first-order chi connectivity index (χ1) is 26.4. The minimum absolute atomic E-state index is 0.0205. The maximum absolute atomic E-state index is 14.5. The van der Waals surface area contributed by atoms with E-state index in [1.165, 1.54) is 15.9 Å². The number of nitrogens with zero attached hydrogens (tertiary/aromatic N) is 4. The van der Waals surface area contributed by atoms with Gasteiger partial charge >= 0.3 is 12.0 Å². The van der Waals surface area contributed by atoms with Gasteiger partial charge in [-0.1, -0.05) is 42.4 Å². The summed E-state index contributed by atoms with van der Waals surface area (Å²) in [7, 11) is 0. The van der Waals surface area contributed by atoms with E-state index in [4.69, 9.17) is 9.26 Å². The molecule has 1 aromatic carbocycles. The summed E-state index contributed by atoms with van der Waals surface area (Å²) < 4.78 is 10.8. The summed E-state index contributed by atoms with van der Waals surface area (Å²) in [5.74, 6) is -2.32. The Labute approximate surface area is 319 Å². The second kappa shape index (κ2) is 17.0. The second-order valence-electron chi connectivity index (χ2n) is 15.2. The fraction of sp³-hybridized carbons (Fsp3) is 0.579. The van der Waals surface area contributed by atoms with E-state index in [-0.39, 0.29) is 37.2 Å². The van der Waals surface area contributed by atoms with Gasteiger partial charge in [0, 0.05) is 38.7 Å². The molecule has 6 amide bonds. The largest absolute Gasteiger partial charge is 0.461 e. The van der Waals surface area contributed by atoms with Crippen molar-refractivity contribution in [3.63, 3.8) is 0 Å². The normalized spacial score (nSPS) is 28.4. The van der Waals surface area contributed by atoms with Crippen molar-refractivity contribution >= 4 is 47.7 Å². The predicted octanol–water partition coefficient (Wildman–Crippen LogP) is 0.914. The average molecular weight is 763 g/mol. The van der Waals surface area contributed by atoms with Gasteiger partial charge in [0.1, 0.15) is 48.4 Å². The molecule has 2 aromatic rings. The fourth-order valence-electron chi connectivity index (χ4n) is 8.09. The Balaban J connectivity index is 1.31. The second-order valence-corrected chi connectivity index (χ2v) is 15.2. The zero-order valence-corrected chi connectivity index (χ0v) is 31.5. The molecule has 0 radical (unpaired) electrons. The van der Waals surface area contributed by atoms with Crippen molar-refractivity contribution < 1.29 is 42.8 Å². The van der Waals surface area contributed by atoms with Gasteiger partial charge < -0.3 is 44.7 Å². The monoisotopic (exact) mass is 762 g/mol. The molecule has 1 aromatic heterocycles. The lowest BCUT2D eigenvalue weighted by atomic mass is 9.86. The van der Waals surface area contributed by atoms with Crippen LogP contribution in [-0.2, 0) is 39.9 Å². The van der Waals surface area contributed by atoms with Gasteiger partial charge in [-0.05, 0) is 63.9 Å². The van der Waals surface area contributed by atoms with Crippen LogP contribution in [0.1, 0.15) is 63.7 Å². The molecule has 6 rings (SSSR count). The van der Waals surface area contributed by atoms with Crippen molar-refractivity contribution in [2.75, 3.05) is 38.1 Å². The number of rotatable bonds is 7. The van der Waals surface area contributed by atoms with Crippen LogP contribution in [0.5, 0.6) is 0 Å². The molecule has 4 saturated heterocycles. The zero-order valence-electron chi connectivity index (χ0n) is 31.5. The first-order valence-corrected chi connectivity index (χ1v) is 19.0. The number of esters is 1. The third-order valence-electron chi connectivity index (χ3n) is 11.0. The van der Waals surface area contributed by atoms with Crippen molar-refractivity contribution in [3.8, 4) is 0 Å². The van der Waals surface area contributed by atoms with Gasteiger partial charge in [0.15, 0.2) is 5.82 Å². The molecule has 0 aliphatic carbocycles. The van der Waals surface area contributed by atoms with Gasteiger partial charge in [-0.3, -0.25) is 24.5 Å². The maximum atomic E-state index is 14.5. The predicted molar refractivity (Wildman–Crippen MR) is 196 cm³/mol. The lowest BCUT2D eigenvalue weighted by Crippen LogP contribution is -2.66. The number of hydrogen-bond donors (Lipinski definition) is 4. The van der Waals surface area contributed by atoms with Crippen LogP contribution < -0.4 is 21.3 Å². The molecule has 17 nitrogen and oxygen atoms in total. The van der Waals surface area contributed by atoms with Crippen LogP contribution in [0.15, 0.2) is 40.9 Å². The number of urea groups is 1. The number of aryl methyl sites for hydroxylation is 1. The number of nitrogens with one attached hydrogen (secondary N) is 4. The Morgan fingerprint density at radius 3 is 2.53 bits per heavy atom. The molecule has 4 fully saturated rings. The Bertz CT molecular complexity index is 1770. The molecule has 4 aliphatic rings. The van der Waals surface area contributed by atoms with Gasteiger partial charge in [0.2, 0.25) is 23.6 Å². The van der Waals surface area contributed by atoms with Crippen molar-refractivity contribution in [1.82, 2.24) is 35.8 Å². The summed E-state index contributed by atoms with van der Waals surface area (Å²) in [6, 6.07) is 4.38. The molecule has 7 atom stereocenters.